The molecule has 0 radical (unpaired) electrons. The van der Waals surface area contributed by atoms with Crippen molar-refractivity contribution in [2.45, 2.75) is 6.92 Å². The molecule has 1 heterocycles. The van der Waals surface area contributed by atoms with Gasteiger partial charge >= 0.3 is 6.09 Å². The lowest BCUT2D eigenvalue weighted by Gasteiger charge is -2.12. The first kappa shape index (κ1) is 12.0. The number of hydrogen-bond donors (Lipinski definition) is 3. The van der Waals surface area contributed by atoms with Gasteiger partial charge in [-0.2, -0.15) is 0 Å². The molecule has 0 aliphatic carbocycles. The molecule has 94 valence electrons. The molecule has 1 aromatic carbocycles. The fraction of sp³-hybridized carbons (Fsp3) is 0.167. The number of nitrogens with two attached hydrogens (primary N) is 1. The van der Waals surface area contributed by atoms with Crippen molar-refractivity contribution in [1.29, 1.82) is 0 Å². The minimum Gasteiger partial charge on any atom is -0.465 e. The summed E-state index contributed by atoms with van der Waals surface area (Å²) in [7, 11) is 0. The molecule has 18 heavy (non-hydrogen) atoms. The van der Waals surface area contributed by atoms with Crippen LogP contribution in [0.5, 0.6) is 0 Å². The zero-order chi connectivity index (χ0) is 13.1. The van der Waals surface area contributed by atoms with Gasteiger partial charge in [0.2, 0.25) is 5.95 Å². The second kappa shape index (κ2) is 4.79. The summed E-state index contributed by atoms with van der Waals surface area (Å²) >= 11 is 0. The third-order valence-electron chi connectivity index (χ3n) is 2.59. The van der Waals surface area contributed by atoms with Gasteiger partial charge < -0.3 is 15.8 Å². The quantitative estimate of drug-likeness (QED) is 0.723. The van der Waals surface area contributed by atoms with E-state index in [2.05, 4.69) is 9.97 Å². The normalized spacial score (nSPS) is 10.3. The average Bonchev–Trinajstić information content (AvgIpc) is 2.80. The first-order valence-corrected chi connectivity index (χ1v) is 5.53. The highest BCUT2D eigenvalue weighted by Crippen LogP contribution is 2.21. The minimum atomic E-state index is -1.03. The molecule has 0 bridgehead atoms. The van der Waals surface area contributed by atoms with Crippen molar-refractivity contribution in [2.24, 2.45) is 0 Å². The number of aromatic nitrogens is 2. The first-order valence-electron chi connectivity index (χ1n) is 5.53. The SMILES string of the molecule is CCN(C(=O)O)c1ncc(-c2ccc(N)cc2)[nH]1. The third-order valence-corrected chi connectivity index (χ3v) is 2.59. The van der Waals surface area contributed by atoms with E-state index in [0.29, 0.717) is 18.2 Å². The maximum absolute atomic E-state index is 11.0. The molecule has 0 fully saturated rings. The maximum atomic E-state index is 11.0. The van der Waals surface area contributed by atoms with Crippen LogP contribution in [0.3, 0.4) is 0 Å². The number of nitrogens with one attached hydrogen (secondary N) is 1. The van der Waals surface area contributed by atoms with Crippen LogP contribution in [-0.2, 0) is 0 Å². The van der Waals surface area contributed by atoms with E-state index in [0.717, 1.165) is 16.2 Å². The molecule has 0 saturated heterocycles. The smallest absolute Gasteiger partial charge is 0.414 e. The van der Waals surface area contributed by atoms with E-state index in [1.165, 1.54) is 0 Å². The summed E-state index contributed by atoms with van der Waals surface area (Å²) in [4.78, 5) is 19.2. The van der Waals surface area contributed by atoms with Crippen LogP contribution < -0.4 is 10.6 Å². The van der Waals surface area contributed by atoms with E-state index in [1.54, 1.807) is 25.3 Å². The number of benzene rings is 1. The van der Waals surface area contributed by atoms with E-state index in [-0.39, 0.29) is 0 Å². The summed E-state index contributed by atoms with van der Waals surface area (Å²) in [6.07, 6.45) is 0.572. The van der Waals surface area contributed by atoms with Gasteiger partial charge in [-0.05, 0) is 24.6 Å². The Labute approximate surface area is 104 Å². The van der Waals surface area contributed by atoms with E-state index in [1.807, 2.05) is 12.1 Å². The van der Waals surface area contributed by atoms with Crippen molar-refractivity contribution in [1.82, 2.24) is 9.97 Å². The Balaban J connectivity index is 2.30. The molecule has 1 aromatic heterocycles. The number of amides is 1. The largest absolute Gasteiger partial charge is 0.465 e. The lowest BCUT2D eigenvalue weighted by molar-refractivity contribution is 0.202. The number of nitrogen functional groups attached to an aromatic ring is 1. The summed E-state index contributed by atoms with van der Waals surface area (Å²) in [6.45, 7) is 2.09. The van der Waals surface area contributed by atoms with Gasteiger partial charge in [0, 0.05) is 12.2 Å². The van der Waals surface area contributed by atoms with Crippen molar-refractivity contribution in [2.75, 3.05) is 17.2 Å². The van der Waals surface area contributed by atoms with E-state index in [4.69, 9.17) is 10.8 Å². The van der Waals surface area contributed by atoms with Crippen molar-refractivity contribution in [3.8, 4) is 11.3 Å². The van der Waals surface area contributed by atoms with Gasteiger partial charge in [0.05, 0.1) is 11.9 Å². The summed E-state index contributed by atoms with van der Waals surface area (Å²) in [5, 5.41) is 8.99. The van der Waals surface area contributed by atoms with Crippen LogP contribution in [0, 0.1) is 0 Å². The molecular formula is C12H14N4O2. The molecule has 0 spiro atoms. The Hall–Kier alpha value is -2.50. The number of carboxylic acid groups (broad SMARTS) is 1. The van der Waals surface area contributed by atoms with E-state index >= 15 is 0 Å². The highest BCUT2D eigenvalue weighted by Gasteiger charge is 2.15. The van der Waals surface area contributed by atoms with Crippen LogP contribution in [0.1, 0.15) is 6.92 Å². The van der Waals surface area contributed by atoms with Crippen LogP contribution in [0.2, 0.25) is 0 Å². The highest BCUT2D eigenvalue weighted by molar-refractivity contribution is 5.84. The molecule has 6 heteroatoms. The fourth-order valence-corrected chi connectivity index (χ4v) is 1.63. The van der Waals surface area contributed by atoms with Gasteiger partial charge in [-0.3, -0.25) is 0 Å². The van der Waals surface area contributed by atoms with Gasteiger partial charge in [0.15, 0.2) is 0 Å². The molecule has 1 amide bonds. The van der Waals surface area contributed by atoms with Gasteiger partial charge in [-0.15, -0.1) is 0 Å². The molecule has 0 aliphatic heterocycles. The topological polar surface area (TPSA) is 95.2 Å². The molecule has 0 aliphatic rings. The number of nitrogens with zero attached hydrogens (tertiary/aromatic N) is 2. The predicted molar refractivity (Wildman–Crippen MR) is 69.5 cm³/mol. The van der Waals surface area contributed by atoms with Crippen LogP contribution in [-0.4, -0.2) is 27.7 Å². The number of imidazole rings is 1. The van der Waals surface area contributed by atoms with Crippen LogP contribution >= 0.6 is 0 Å². The lowest BCUT2D eigenvalue weighted by atomic mass is 10.1. The van der Waals surface area contributed by atoms with Gasteiger partial charge in [-0.25, -0.2) is 14.7 Å². The molecule has 2 rings (SSSR count). The van der Waals surface area contributed by atoms with Gasteiger partial charge in [-0.1, -0.05) is 12.1 Å². The Bertz CT molecular complexity index is 547. The average molecular weight is 246 g/mol. The van der Waals surface area contributed by atoms with Crippen molar-refractivity contribution in [3.05, 3.63) is 30.5 Å². The van der Waals surface area contributed by atoms with Gasteiger partial charge in [0.1, 0.15) is 0 Å². The van der Waals surface area contributed by atoms with Crippen molar-refractivity contribution >= 4 is 17.7 Å². The molecule has 4 N–H and O–H groups in total. The number of carbonyl (C=O) groups is 1. The summed E-state index contributed by atoms with van der Waals surface area (Å²) in [5.41, 5.74) is 7.95. The Kier molecular flexibility index (Phi) is 3.18. The molecule has 0 unspecified atom stereocenters. The Morgan fingerprint density at radius 2 is 2.11 bits per heavy atom. The fourth-order valence-electron chi connectivity index (χ4n) is 1.63. The summed E-state index contributed by atoms with van der Waals surface area (Å²) in [6, 6.07) is 7.27. The molecule has 0 saturated carbocycles. The standard InChI is InChI=1S/C12H14N4O2/c1-2-16(12(17)18)11-14-7-10(15-11)8-3-5-9(13)6-4-8/h3-7H,2,13H2,1H3,(H,14,15)(H,17,18). The third kappa shape index (κ3) is 2.27. The summed E-state index contributed by atoms with van der Waals surface area (Å²) in [5.74, 6) is 0.317. The lowest BCUT2D eigenvalue weighted by Crippen LogP contribution is -2.29. The Morgan fingerprint density at radius 1 is 1.44 bits per heavy atom. The highest BCUT2D eigenvalue weighted by atomic mass is 16.4. The Morgan fingerprint density at radius 3 is 2.67 bits per heavy atom. The van der Waals surface area contributed by atoms with E-state index in [9.17, 15) is 4.79 Å². The van der Waals surface area contributed by atoms with Crippen molar-refractivity contribution in [3.63, 3.8) is 0 Å². The second-order valence-electron chi connectivity index (χ2n) is 3.77. The predicted octanol–water partition coefficient (Wildman–Crippen LogP) is 2.16. The number of rotatable bonds is 3. The first-order chi connectivity index (χ1) is 8.61. The zero-order valence-electron chi connectivity index (χ0n) is 9.92. The number of H-pyrrole nitrogens is 1. The number of anilines is 2. The molecule has 0 atom stereocenters. The maximum Gasteiger partial charge on any atom is 0.414 e. The molecule has 2 aromatic rings. The van der Waals surface area contributed by atoms with Gasteiger partial charge in [0.25, 0.3) is 0 Å². The summed E-state index contributed by atoms with van der Waals surface area (Å²) < 4.78 is 0. The zero-order valence-corrected chi connectivity index (χ0v) is 9.92. The monoisotopic (exact) mass is 246 g/mol. The second-order valence-corrected chi connectivity index (χ2v) is 3.77. The van der Waals surface area contributed by atoms with Crippen molar-refractivity contribution < 1.29 is 9.90 Å². The number of hydrogen-bond acceptors (Lipinski definition) is 3. The molecular weight excluding hydrogens is 232 g/mol. The van der Waals surface area contributed by atoms with Crippen LogP contribution in [0.25, 0.3) is 11.3 Å². The molecule has 6 nitrogen and oxygen atoms in total. The van der Waals surface area contributed by atoms with Crippen LogP contribution in [0.4, 0.5) is 16.4 Å². The number of aromatic amines is 1. The van der Waals surface area contributed by atoms with E-state index < -0.39 is 6.09 Å². The minimum absolute atomic E-state index is 0.317. The van der Waals surface area contributed by atoms with Crippen LogP contribution in [0.15, 0.2) is 30.5 Å².